The van der Waals surface area contributed by atoms with Crippen molar-refractivity contribution in [3.63, 3.8) is 0 Å². The van der Waals surface area contributed by atoms with Crippen LogP contribution in [0.2, 0.25) is 0 Å². The van der Waals surface area contributed by atoms with Gasteiger partial charge in [0.25, 0.3) is 5.91 Å². The van der Waals surface area contributed by atoms with Crippen LogP contribution in [-0.4, -0.2) is 23.7 Å². The van der Waals surface area contributed by atoms with Gasteiger partial charge in [-0.25, -0.2) is 0 Å². The predicted molar refractivity (Wildman–Crippen MR) is 69.0 cm³/mol. The van der Waals surface area contributed by atoms with Crippen LogP contribution in [0.15, 0.2) is 24.3 Å². The Labute approximate surface area is 103 Å². The number of hydrogen-bond donors (Lipinski definition) is 2. The molecular weight excluding hydrogens is 214 g/mol. The number of aliphatic hydroxyl groups is 1. The Balaban J connectivity index is 2.64. The van der Waals surface area contributed by atoms with Crippen molar-refractivity contribution in [1.82, 2.24) is 5.32 Å². The van der Waals surface area contributed by atoms with Crippen LogP contribution in [0.25, 0.3) is 0 Å². The van der Waals surface area contributed by atoms with Crippen molar-refractivity contribution in [2.75, 3.05) is 6.61 Å². The van der Waals surface area contributed by atoms with Crippen LogP contribution < -0.4 is 5.32 Å². The van der Waals surface area contributed by atoms with Crippen molar-refractivity contribution in [2.45, 2.75) is 33.2 Å². The van der Waals surface area contributed by atoms with Gasteiger partial charge >= 0.3 is 0 Å². The summed E-state index contributed by atoms with van der Waals surface area (Å²) in [6.45, 7) is 6.08. The molecule has 3 nitrogen and oxygen atoms in total. The summed E-state index contributed by atoms with van der Waals surface area (Å²) < 4.78 is 0. The monoisotopic (exact) mass is 235 g/mol. The fourth-order valence-corrected chi connectivity index (χ4v) is 1.80. The standard InChI is InChI=1S/C14H21NO2/c1-10(2)7-13(9-16)15-14(17)12-6-4-5-11(3)8-12/h4-6,8,10,13,16H,7,9H2,1-3H3,(H,15,17). The van der Waals surface area contributed by atoms with Gasteiger partial charge in [-0.05, 0) is 31.4 Å². The van der Waals surface area contributed by atoms with E-state index < -0.39 is 0 Å². The number of benzene rings is 1. The average Bonchev–Trinajstić information content (AvgIpc) is 2.27. The Morgan fingerprint density at radius 2 is 2.12 bits per heavy atom. The second-order valence-corrected chi connectivity index (χ2v) is 4.85. The third-order valence-corrected chi connectivity index (χ3v) is 2.59. The number of rotatable bonds is 5. The highest BCUT2D eigenvalue weighted by Crippen LogP contribution is 2.07. The van der Waals surface area contributed by atoms with Crippen molar-refractivity contribution < 1.29 is 9.90 Å². The lowest BCUT2D eigenvalue weighted by Gasteiger charge is -2.18. The predicted octanol–water partition coefficient (Wildman–Crippen LogP) is 2.13. The molecule has 1 rings (SSSR count). The molecule has 17 heavy (non-hydrogen) atoms. The van der Waals surface area contributed by atoms with E-state index in [2.05, 4.69) is 19.2 Å². The van der Waals surface area contributed by atoms with E-state index in [1.54, 1.807) is 6.07 Å². The summed E-state index contributed by atoms with van der Waals surface area (Å²) >= 11 is 0. The number of carbonyl (C=O) groups excluding carboxylic acids is 1. The summed E-state index contributed by atoms with van der Waals surface area (Å²) in [4.78, 5) is 11.9. The lowest BCUT2D eigenvalue weighted by molar-refractivity contribution is 0.0908. The van der Waals surface area contributed by atoms with Crippen LogP contribution in [0.5, 0.6) is 0 Å². The maximum Gasteiger partial charge on any atom is 0.251 e. The van der Waals surface area contributed by atoms with Gasteiger partial charge in [0.1, 0.15) is 0 Å². The zero-order chi connectivity index (χ0) is 12.8. The van der Waals surface area contributed by atoms with Crippen LogP contribution in [0, 0.1) is 12.8 Å². The minimum atomic E-state index is -0.164. The quantitative estimate of drug-likeness (QED) is 0.821. The summed E-state index contributed by atoms with van der Waals surface area (Å²) in [7, 11) is 0. The molecule has 0 saturated heterocycles. The van der Waals surface area contributed by atoms with Crippen molar-refractivity contribution in [2.24, 2.45) is 5.92 Å². The molecule has 0 aliphatic heterocycles. The normalized spacial score (nSPS) is 12.5. The van der Waals surface area contributed by atoms with E-state index in [0.29, 0.717) is 11.5 Å². The summed E-state index contributed by atoms with van der Waals surface area (Å²) in [5.74, 6) is 0.332. The first kappa shape index (κ1) is 13.7. The Hall–Kier alpha value is -1.35. The van der Waals surface area contributed by atoms with Gasteiger partial charge in [-0.2, -0.15) is 0 Å². The molecule has 0 fully saturated rings. The van der Waals surface area contributed by atoms with Crippen LogP contribution in [0.4, 0.5) is 0 Å². The van der Waals surface area contributed by atoms with Crippen LogP contribution in [0.1, 0.15) is 36.2 Å². The lowest BCUT2D eigenvalue weighted by Crippen LogP contribution is -2.38. The Morgan fingerprint density at radius 1 is 1.41 bits per heavy atom. The van der Waals surface area contributed by atoms with Crippen molar-refractivity contribution in [3.05, 3.63) is 35.4 Å². The van der Waals surface area contributed by atoms with E-state index >= 15 is 0 Å². The van der Waals surface area contributed by atoms with Gasteiger partial charge in [-0.1, -0.05) is 31.5 Å². The van der Waals surface area contributed by atoms with Gasteiger partial charge in [0.2, 0.25) is 0 Å². The van der Waals surface area contributed by atoms with E-state index in [1.807, 2.05) is 25.1 Å². The molecule has 0 bridgehead atoms. The summed E-state index contributed by atoms with van der Waals surface area (Å²) in [5.41, 5.74) is 1.70. The molecule has 0 aliphatic rings. The number of hydrogen-bond acceptors (Lipinski definition) is 2. The molecule has 1 amide bonds. The molecule has 3 heteroatoms. The fourth-order valence-electron chi connectivity index (χ4n) is 1.80. The summed E-state index contributed by atoms with van der Waals surface area (Å²) in [5, 5.41) is 12.1. The minimum absolute atomic E-state index is 0.0181. The number of nitrogens with one attached hydrogen (secondary N) is 1. The number of aliphatic hydroxyl groups excluding tert-OH is 1. The third kappa shape index (κ3) is 4.57. The van der Waals surface area contributed by atoms with E-state index in [0.717, 1.165) is 12.0 Å². The van der Waals surface area contributed by atoms with Crippen LogP contribution in [0.3, 0.4) is 0 Å². The van der Waals surface area contributed by atoms with E-state index in [-0.39, 0.29) is 18.6 Å². The molecule has 1 atom stereocenters. The first-order valence-corrected chi connectivity index (χ1v) is 6.01. The highest BCUT2D eigenvalue weighted by Gasteiger charge is 2.14. The number of aryl methyl sites for hydroxylation is 1. The average molecular weight is 235 g/mol. The topological polar surface area (TPSA) is 49.3 Å². The van der Waals surface area contributed by atoms with Crippen molar-refractivity contribution >= 4 is 5.91 Å². The van der Waals surface area contributed by atoms with Gasteiger partial charge < -0.3 is 10.4 Å². The molecule has 0 radical (unpaired) electrons. The lowest BCUT2D eigenvalue weighted by atomic mass is 10.0. The van der Waals surface area contributed by atoms with E-state index in [9.17, 15) is 9.90 Å². The molecule has 94 valence electrons. The first-order chi connectivity index (χ1) is 8.02. The number of carbonyl (C=O) groups is 1. The first-order valence-electron chi connectivity index (χ1n) is 6.01. The SMILES string of the molecule is Cc1cccc(C(=O)NC(CO)CC(C)C)c1. The second kappa shape index (κ2) is 6.40. The van der Waals surface area contributed by atoms with Gasteiger partial charge in [0.15, 0.2) is 0 Å². The maximum absolute atomic E-state index is 11.9. The molecule has 2 N–H and O–H groups in total. The smallest absolute Gasteiger partial charge is 0.251 e. The van der Waals surface area contributed by atoms with Crippen LogP contribution >= 0.6 is 0 Å². The highest BCUT2D eigenvalue weighted by molar-refractivity contribution is 5.94. The largest absolute Gasteiger partial charge is 0.394 e. The molecule has 1 aromatic carbocycles. The Kier molecular flexibility index (Phi) is 5.16. The molecule has 0 aliphatic carbocycles. The molecule has 1 aromatic rings. The zero-order valence-corrected chi connectivity index (χ0v) is 10.7. The van der Waals surface area contributed by atoms with Gasteiger partial charge in [-0.15, -0.1) is 0 Å². The number of amides is 1. The van der Waals surface area contributed by atoms with Gasteiger partial charge in [-0.3, -0.25) is 4.79 Å². The molecule has 1 unspecified atom stereocenters. The molecule has 0 spiro atoms. The van der Waals surface area contributed by atoms with Gasteiger partial charge in [0.05, 0.1) is 12.6 Å². The zero-order valence-electron chi connectivity index (χ0n) is 10.7. The Morgan fingerprint density at radius 3 is 2.65 bits per heavy atom. The molecule has 0 heterocycles. The highest BCUT2D eigenvalue weighted by atomic mass is 16.3. The Bertz CT molecular complexity index is 374. The van der Waals surface area contributed by atoms with Crippen LogP contribution in [-0.2, 0) is 0 Å². The third-order valence-electron chi connectivity index (χ3n) is 2.59. The molecule has 0 aromatic heterocycles. The van der Waals surface area contributed by atoms with Crippen molar-refractivity contribution in [1.29, 1.82) is 0 Å². The molecular formula is C14H21NO2. The fraction of sp³-hybridized carbons (Fsp3) is 0.500. The minimum Gasteiger partial charge on any atom is -0.394 e. The summed E-state index contributed by atoms with van der Waals surface area (Å²) in [6.07, 6.45) is 0.786. The van der Waals surface area contributed by atoms with Gasteiger partial charge in [0, 0.05) is 5.56 Å². The molecule has 0 saturated carbocycles. The second-order valence-electron chi connectivity index (χ2n) is 4.85. The van der Waals surface area contributed by atoms with Crippen molar-refractivity contribution in [3.8, 4) is 0 Å². The van der Waals surface area contributed by atoms with E-state index in [1.165, 1.54) is 0 Å². The maximum atomic E-state index is 11.9. The summed E-state index contributed by atoms with van der Waals surface area (Å²) in [6, 6.07) is 7.28. The van der Waals surface area contributed by atoms with E-state index in [4.69, 9.17) is 0 Å².